The molecule has 1 N–H and O–H groups in total. The second-order valence-corrected chi connectivity index (χ2v) is 7.93. The van der Waals surface area contributed by atoms with Crippen molar-refractivity contribution in [2.75, 3.05) is 20.3 Å². The predicted molar refractivity (Wildman–Crippen MR) is 111 cm³/mol. The molecule has 29 heavy (non-hydrogen) atoms. The van der Waals surface area contributed by atoms with Gasteiger partial charge in [0, 0.05) is 18.7 Å². The van der Waals surface area contributed by atoms with Gasteiger partial charge in [0.25, 0.3) is 5.91 Å². The molecular formula is C22H25NO5S. The van der Waals surface area contributed by atoms with Gasteiger partial charge in [-0.25, -0.2) is 0 Å². The van der Waals surface area contributed by atoms with Gasteiger partial charge in [0.1, 0.15) is 5.75 Å². The second-order valence-electron chi connectivity index (χ2n) is 6.98. The van der Waals surface area contributed by atoms with Crippen LogP contribution in [0.3, 0.4) is 0 Å². The molecule has 3 rings (SSSR count). The van der Waals surface area contributed by atoms with E-state index in [1.54, 1.807) is 30.7 Å². The van der Waals surface area contributed by atoms with Crippen LogP contribution in [0.25, 0.3) is 0 Å². The van der Waals surface area contributed by atoms with Crippen LogP contribution in [0, 0.1) is 0 Å². The number of benzene rings is 1. The van der Waals surface area contributed by atoms with E-state index in [1.165, 1.54) is 16.2 Å². The number of aliphatic hydroxyl groups excluding tert-OH is 1. The fraction of sp³-hybridized carbons (Fsp3) is 0.364. The molecule has 1 amide bonds. The number of aliphatic hydroxyl groups is 1. The lowest BCUT2D eigenvalue weighted by Crippen LogP contribution is -2.33. The number of amides is 1. The van der Waals surface area contributed by atoms with E-state index in [-0.39, 0.29) is 17.5 Å². The summed E-state index contributed by atoms with van der Waals surface area (Å²) in [6, 6.07) is 9.99. The van der Waals surface area contributed by atoms with Crippen molar-refractivity contribution in [2.45, 2.75) is 32.4 Å². The molecule has 0 aliphatic carbocycles. The summed E-state index contributed by atoms with van der Waals surface area (Å²) in [5, 5.41) is 12.4. The van der Waals surface area contributed by atoms with Crippen LogP contribution in [0.2, 0.25) is 0 Å². The molecule has 154 valence electrons. The summed E-state index contributed by atoms with van der Waals surface area (Å²) in [4.78, 5) is 28.1. The van der Waals surface area contributed by atoms with Gasteiger partial charge in [-0.05, 0) is 37.8 Å². The Morgan fingerprint density at radius 3 is 2.66 bits per heavy atom. The van der Waals surface area contributed by atoms with Gasteiger partial charge in [-0.2, -0.15) is 0 Å². The third kappa shape index (κ3) is 4.36. The van der Waals surface area contributed by atoms with E-state index in [0.717, 1.165) is 0 Å². The SMILES string of the molecule is COc1ccccc1[C@H]1C(C(=O)c2cccs2)=C(O)C(=O)N1CCCOC(C)C. The summed E-state index contributed by atoms with van der Waals surface area (Å²) in [5.74, 6) is -0.836. The van der Waals surface area contributed by atoms with E-state index in [0.29, 0.717) is 35.8 Å². The van der Waals surface area contributed by atoms with Crippen LogP contribution in [-0.4, -0.2) is 48.1 Å². The molecule has 0 saturated heterocycles. The average molecular weight is 416 g/mol. The van der Waals surface area contributed by atoms with Gasteiger partial charge in [-0.3, -0.25) is 9.59 Å². The third-order valence-electron chi connectivity index (χ3n) is 4.72. The topological polar surface area (TPSA) is 76.1 Å². The van der Waals surface area contributed by atoms with E-state index in [2.05, 4.69) is 0 Å². The van der Waals surface area contributed by atoms with Gasteiger partial charge in [-0.15, -0.1) is 11.3 Å². The minimum Gasteiger partial charge on any atom is -0.503 e. The standard InChI is InChI=1S/C22H25NO5S/c1-14(2)28-12-7-11-23-19(15-8-4-5-9-16(15)27-3)18(21(25)22(23)26)20(24)17-10-6-13-29-17/h4-6,8-10,13-14,19,25H,7,11-12H2,1-3H3/t19-/m0/s1. The van der Waals surface area contributed by atoms with Crippen molar-refractivity contribution in [2.24, 2.45) is 0 Å². The number of ether oxygens (including phenoxy) is 2. The highest BCUT2D eigenvalue weighted by Gasteiger charge is 2.44. The maximum atomic E-state index is 13.2. The molecule has 0 saturated carbocycles. The van der Waals surface area contributed by atoms with Crippen molar-refractivity contribution in [3.8, 4) is 5.75 Å². The highest BCUT2D eigenvalue weighted by molar-refractivity contribution is 7.12. The molecular weight excluding hydrogens is 390 g/mol. The molecule has 0 fully saturated rings. The Hall–Kier alpha value is -2.64. The van der Waals surface area contributed by atoms with E-state index in [9.17, 15) is 14.7 Å². The first-order valence-electron chi connectivity index (χ1n) is 9.52. The van der Waals surface area contributed by atoms with Crippen LogP contribution in [0.15, 0.2) is 53.1 Å². The normalized spacial score (nSPS) is 16.8. The number of hydrogen-bond acceptors (Lipinski definition) is 6. The molecule has 1 aliphatic rings. The Labute approximate surface area is 174 Å². The first-order valence-corrected chi connectivity index (χ1v) is 10.4. The molecule has 1 aromatic carbocycles. The van der Waals surface area contributed by atoms with E-state index >= 15 is 0 Å². The third-order valence-corrected chi connectivity index (χ3v) is 5.59. The first kappa shape index (κ1) is 21.1. The zero-order chi connectivity index (χ0) is 21.0. The number of methoxy groups -OCH3 is 1. The molecule has 1 aliphatic heterocycles. The number of carbonyl (C=O) groups is 2. The molecule has 0 unspecified atom stereocenters. The minimum atomic E-state index is -0.715. The molecule has 2 aromatic rings. The molecule has 7 heteroatoms. The molecule has 0 spiro atoms. The fourth-order valence-corrected chi connectivity index (χ4v) is 4.10. The second kappa shape index (κ2) is 9.24. The Morgan fingerprint density at radius 1 is 1.24 bits per heavy atom. The van der Waals surface area contributed by atoms with Gasteiger partial charge in [0.05, 0.1) is 29.7 Å². The summed E-state index contributed by atoms with van der Waals surface area (Å²) in [6.45, 7) is 4.72. The van der Waals surface area contributed by atoms with Crippen molar-refractivity contribution < 1.29 is 24.2 Å². The van der Waals surface area contributed by atoms with Gasteiger partial charge in [0.2, 0.25) is 5.78 Å². The largest absolute Gasteiger partial charge is 0.503 e. The number of hydrogen-bond donors (Lipinski definition) is 1. The summed E-state index contributed by atoms with van der Waals surface area (Å²) in [7, 11) is 1.54. The van der Waals surface area contributed by atoms with E-state index in [4.69, 9.17) is 9.47 Å². The first-order chi connectivity index (χ1) is 14.0. The maximum absolute atomic E-state index is 13.2. The molecule has 2 heterocycles. The van der Waals surface area contributed by atoms with Crippen molar-refractivity contribution in [3.63, 3.8) is 0 Å². The Bertz CT molecular complexity index is 904. The molecule has 0 bridgehead atoms. The smallest absolute Gasteiger partial charge is 0.290 e. The number of thiophene rings is 1. The lowest BCUT2D eigenvalue weighted by atomic mass is 9.94. The van der Waals surface area contributed by atoms with E-state index < -0.39 is 17.7 Å². The van der Waals surface area contributed by atoms with Crippen LogP contribution in [0.4, 0.5) is 0 Å². The van der Waals surface area contributed by atoms with Crippen molar-refractivity contribution in [1.29, 1.82) is 0 Å². The monoisotopic (exact) mass is 415 g/mol. The van der Waals surface area contributed by atoms with E-state index in [1.807, 2.05) is 32.0 Å². The van der Waals surface area contributed by atoms with Crippen LogP contribution in [0.1, 0.15) is 41.5 Å². The summed E-state index contributed by atoms with van der Waals surface area (Å²) in [5.41, 5.74) is 0.754. The zero-order valence-corrected chi connectivity index (χ0v) is 17.6. The Balaban J connectivity index is 1.99. The number of ketones is 1. The number of carbonyl (C=O) groups excluding carboxylic acids is 2. The average Bonchev–Trinajstić information content (AvgIpc) is 3.33. The summed E-state index contributed by atoms with van der Waals surface area (Å²) in [6.07, 6.45) is 0.681. The van der Waals surface area contributed by atoms with Crippen LogP contribution < -0.4 is 4.74 Å². The van der Waals surface area contributed by atoms with Gasteiger partial charge in [0.15, 0.2) is 5.76 Å². The van der Waals surface area contributed by atoms with Crippen molar-refractivity contribution in [3.05, 3.63) is 63.6 Å². The quantitative estimate of drug-likeness (QED) is 0.492. The lowest BCUT2D eigenvalue weighted by molar-refractivity contribution is -0.129. The van der Waals surface area contributed by atoms with Crippen LogP contribution in [-0.2, 0) is 9.53 Å². The summed E-state index contributed by atoms with van der Waals surface area (Å²) < 4.78 is 11.1. The number of nitrogens with zero attached hydrogens (tertiary/aromatic N) is 1. The van der Waals surface area contributed by atoms with Crippen molar-refractivity contribution >= 4 is 23.0 Å². The van der Waals surface area contributed by atoms with Gasteiger partial charge >= 0.3 is 0 Å². The van der Waals surface area contributed by atoms with Crippen LogP contribution in [0.5, 0.6) is 5.75 Å². The molecule has 0 radical (unpaired) electrons. The molecule has 1 aromatic heterocycles. The highest BCUT2D eigenvalue weighted by atomic mass is 32.1. The maximum Gasteiger partial charge on any atom is 0.290 e. The molecule has 1 atom stereocenters. The highest BCUT2D eigenvalue weighted by Crippen LogP contribution is 2.42. The summed E-state index contributed by atoms with van der Waals surface area (Å²) >= 11 is 1.28. The predicted octanol–water partition coefficient (Wildman–Crippen LogP) is 4.15. The Morgan fingerprint density at radius 2 is 2.00 bits per heavy atom. The number of rotatable bonds is 9. The number of para-hydroxylation sites is 1. The van der Waals surface area contributed by atoms with Crippen LogP contribution >= 0.6 is 11.3 Å². The Kier molecular flexibility index (Phi) is 6.71. The lowest BCUT2D eigenvalue weighted by Gasteiger charge is -2.28. The van der Waals surface area contributed by atoms with Gasteiger partial charge in [-0.1, -0.05) is 24.3 Å². The molecule has 6 nitrogen and oxygen atoms in total. The van der Waals surface area contributed by atoms with Gasteiger partial charge < -0.3 is 19.5 Å². The fourth-order valence-electron chi connectivity index (χ4n) is 3.43. The number of Topliss-reactive ketones (excluding diaryl/α,β-unsaturated/α-hetero) is 1. The zero-order valence-electron chi connectivity index (χ0n) is 16.8. The van der Waals surface area contributed by atoms with Crippen molar-refractivity contribution in [1.82, 2.24) is 4.90 Å². The minimum absolute atomic E-state index is 0.0896.